The largest absolute Gasteiger partial charge is 0.347 e. The molecule has 3 rings (SSSR count). The molecule has 19 heavy (non-hydrogen) atoms. The van der Waals surface area contributed by atoms with Crippen LogP contribution in [0.1, 0.15) is 32.1 Å². The number of amides is 1. The third kappa shape index (κ3) is 2.68. The van der Waals surface area contributed by atoms with Gasteiger partial charge in [0.15, 0.2) is 0 Å². The Bertz CT molecular complexity index is 582. The topological polar surface area (TPSA) is 29.1 Å². The zero-order valence-electron chi connectivity index (χ0n) is 10.4. The molecule has 2 nitrogen and oxygen atoms in total. The van der Waals surface area contributed by atoms with E-state index in [2.05, 4.69) is 5.32 Å². The second-order valence-corrected chi connectivity index (χ2v) is 5.86. The highest BCUT2D eigenvalue weighted by molar-refractivity contribution is 7.14. The zero-order valence-corrected chi connectivity index (χ0v) is 11.2. The Labute approximate surface area is 115 Å². The first kappa shape index (κ1) is 12.4. The molecule has 98 valence electrons. The normalized spacial score (nSPS) is 13.3. The molecule has 1 N–H and O–H groups in total. The molecule has 1 aliphatic rings. The van der Waals surface area contributed by atoms with Gasteiger partial charge in [-0.25, -0.2) is 4.39 Å². The molecule has 0 saturated carbocycles. The lowest BCUT2D eigenvalue weighted by Gasteiger charge is -2.03. The van der Waals surface area contributed by atoms with Gasteiger partial charge in [0, 0.05) is 11.4 Å². The molecular formula is C15H14FNOS. The van der Waals surface area contributed by atoms with Crippen LogP contribution in [0.5, 0.6) is 0 Å². The van der Waals surface area contributed by atoms with Crippen LogP contribution in [0.25, 0.3) is 0 Å². The van der Waals surface area contributed by atoms with Gasteiger partial charge < -0.3 is 5.32 Å². The number of nitrogens with one attached hydrogen (secondary N) is 1. The maximum absolute atomic E-state index is 12.8. The van der Waals surface area contributed by atoms with Gasteiger partial charge in [0.25, 0.3) is 5.91 Å². The summed E-state index contributed by atoms with van der Waals surface area (Å²) in [6.45, 7) is 0.432. The Morgan fingerprint density at radius 1 is 1.26 bits per heavy atom. The summed E-state index contributed by atoms with van der Waals surface area (Å²) in [5, 5.41) is 2.87. The van der Waals surface area contributed by atoms with E-state index >= 15 is 0 Å². The van der Waals surface area contributed by atoms with E-state index in [1.54, 1.807) is 23.5 Å². The molecule has 0 saturated heterocycles. The summed E-state index contributed by atoms with van der Waals surface area (Å²) in [5.41, 5.74) is 2.23. The number of hydrogen-bond acceptors (Lipinski definition) is 2. The number of aryl methyl sites for hydroxylation is 2. The lowest BCUT2D eigenvalue weighted by molar-refractivity contribution is 0.0955. The average molecular weight is 275 g/mol. The Kier molecular flexibility index (Phi) is 3.34. The molecule has 0 aliphatic heterocycles. The summed E-state index contributed by atoms with van der Waals surface area (Å²) >= 11 is 1.60. The van der Waals surface area contributed by atoms with E-state index in [1.165, 1.54) is 29.0 Å². The van der Waals surface area contributed by atoms with Crippen LogP contribution in [0.3, 0.4) is 0 Å². The molecule has 0 fully saturated rings. The number of carbonyl (C=O) groups excluding carboxylic acids is 1. The van der Waals surface area contributed by atoms with Crippen LogP contribution in [-0.4, -0.2) is 5.91 Å². The highest BCUT2D eigenvalue weighted by Gasteiger charge is 2.18. The van der Waals surface area contributed by atoms with Crippen molar-refractivity contribution in [3.63, 3.8) is 0 Å². The van der Waals surface area contributed by atoms with Crippen LogP contribution < -0.4 is 5.32 Å². The molecule has 0 spiro atoms. The monoisotopic (exact) mass is 275 g/mol. The number of rotatable bonds is 3. The summed E-state index contributed by atoms with van der Waals surface area (Å²) in [4.78, 5) is 14.2. The molecule has 2 aromatic rings. The van der Waals surface area contributed by atoms with E-state index in [0.29, 0.717) is 6.54 Å². The predicted octanol–water partition coefficient (Wildman–Crippen LogP) is 3.31. The fourth-order valence-electron chi connectivity index (χ4n) is 2.31. The second kappa shape index (κ2) is 5.13. The number of fused-ring (bicyclic) bond motifs is 1. The molecule has 0 radical (unpaired) electrons. The van der Waals surface area contributed by atoms with Gasteiger partial charge in [-0.2, -0.15) is 0 Å². The first-order valence-corrected chi connectivity index (χ1v) is 7.18. The Balaban J connectivity index is 1.63. The van der Waals surface area contributed by atoms with Gasteiger partial charge in [-0.1, -0.05) is 12.1 Å². The highest BCUT2D eigenvalue weighted by atomic mass is 32.1. The molecule has 1 aliphatic carbocycles. The zero-order chi connectivity index (χ0) is 13.2. The fraction of sp³-hybridized carbons (Fsp3) is 0.267. The van der Waals surface area contributed by atoms with Crippen molar-refractivity contribution in [2.24, 2.45) is 0 Å². The van der Waals surface area contributed by atoms with E-state index in [0.717, 1.165) is 23.3 Å². The molecule has 1 heterocycles. The molecule has 0 unspecified atom stereocenters. The summed E-state index contributed by atoms with van der Waals surface area (Å²) in [5.74, 6) is -0.298. The molecule has 0 bridgehead atoms. The van der Waals surface area contributed by atoms with Crippen LogP contribution in [-0.2, 0) is 19.4 Å². The van der Waals surface area contributed by atoms with Crippen LogP contribution in [0.4, 0.5) is 4.39 Å². The summed E-state index contributed by atoms with van der Waals surface area (Å²) in [6.07, 6.45) is 3.40. The van der Waals surface area contributed by atoms with Crippen molar-refractivity contribution in [3.05, 3.63) is 57.0 Å². The van der Waals surface area contributed by atoms with Crippen molar-refractivity contribution in [1.29, 1.82) is 0 Å². The SMILES string of the molecule is O=C(NCc1ccc(F)cc1)c1cc2c(s1)CCC2. The van der Waals surface area contributed by atoms with Crippen LogP contribution in [0.15, 0.2) is 30.3 Å². The molecule has 1 aromatic heterocycles. The molecule has 0 atom stereocenters. The standard InChI is InChI=1S/C15H14FNOS/c16-12-6-4-10(5-7-12)9-17-15(18)14-8-11-2-1-3-13(11)19-14/h4-8H,1-3,9H2,(H,17,18). The van der Waals surface area contributed by atoms with E-state index < -0.39 is 0 Å². The first-order chi connectivity index (χ1) is 9.22. The molecule has 4 heteroatoms. The number of carbonyl (C=O) groups is 1. The maximum atomic E-state index is 12.8. The third-order valence-corrected chi connectivity index (χ3v) is 4.57. The predicted molar refractivity (Wildman–Crippen MR) is 73.9 cm³/mol. The molecule has 1 aromatic carbocycles. The lowest BCUT2D eigenvalue weighted by atomic mass is 10.2. The quantitative estimate of drug-likeness (QED) is 0.915. The van der Waals surface area contributed by atoms with Crippen molar-refractivity contribution in [3.8, 4) is 0 Å². The number of halogens is 1. The van der Waals surface area contributed by atoms with Gasteiger partial charge in [-0.05, 0) is 48.6 Å². The van der Waals surface area contributed by atoms with Gasteiger partial charge in [0.1, 0.15) is 5.82 Å². The van der Waals surface area contributed by atoms with Crippen molar-refractivity contribution < 1.29 is 9.18 Å². The van der Waals surface area contributed by atoms with Crippen molar-refractivity contribution >= 4 is 17.2 Å². The van der Waals surface area contributed by atoms with Gasteiger partial charge in [0.2, 0.25) is 0 Å². The van der Waals surface area contributed by atoms with E-state index in [1.807, 2.05) is 6.07 Å². The number of benzene rings is 1. The third-order valence-electron chi connectivity index (χ3n) is 3.34. The summed E-state index contributed by atoms with van der Waals surface area (Å²) < 4.78 is 12.8. The second-order valence-electron chi connectivity index (χ2n) is 4.72. The first-order valence-electron chi connectivity index (χ1n) is 6.36. The average Bonchev–Trinajstić information content (AvgIpc) is 2.98. The smallest absolute Gasteiger partial charge is 0.261 e. The van der Waals surface area contributed by atoms with Gasteiger partial charge >= 0.3 is 0 Å². The van der Waals surface area contributed by atoms with Gasteiger partial charge in [-0.15, -0.1) is 11.3 Å². The minimum Gasteiger partial charge on any atom is -0.347 e. The van der Waals surface area contributed by atoms with Crippen molar-refractivity contribution in [1.82, 2.24) is 5.32 Å². The highest BCUT2D eigenvalue weighted by Crippen LogP contribution is 2.30. The van der Waals surface area contributed by atoms with E-state index in [4.69, 9.17) is 0 Å². The number of thiophene rings is 1. The maximum Gasteiger partial charge on any atom is 0.261 e. The van der Waals surface area contributed by atoms with E-state index in [-0.39, 0.29) is 11.7 Å². The minimum absolute atomic E-state index is 0.0382. The fourth-order valence-corrected chi connectivity index (χ4v) is 3.48. The summed E-state index contributed by atoms with van der Waals surface area (Å²) in [6, 6.07) is 8.18. The van der Waals surface area contributed by atoms with Gasteiger partial charge in [0.05, 0.1) is 4.88 Å². The van der Waals surface area contributed by atoms with Crippen LogP contribution >= 0.6 is 11.3 Å². The van der Waals surface area contributed by atoms with Crippen molar-refractivity contribution in [2.75, 3.05) is 0 Å². The Morgan fingerprint density at radius 3 is 2.79 bits per heavy atom. The van der Waals surface area contributed by atoms with Crippen LogP contribution in [0.2, 0.25) is 0 Å². The number of hydrogen-bond donors (Lipinski definition) is 1. The minimum atomic E-state index is -0.259. The van der Waals surface area contributed by atoms with Gasteiger partial charge in [-0.3, -0.25) is 4.79 Å². The van der Waals surface area contributed by atoms with Crippen LogP contribution in [0, 0.1) is 5.82 Å². The van der Waals surface area contributed by atoms with Crippen molar-refractivity contribution in [2.45, 2.75) is 25.8 Å². The van der Waals surface area contributed by atoms with E-state index in [9.17, 15) is 9.18 Å². The summed E-state index contributed by atoms with van der Waals surface area (Å²) in [7, 11) is 0. The lowest BCUT2D eigenvalue weighted by Crippen LogP contribution is -2.21. The molecule has 1 amide bonds. The Hall–Kier alpha value is -1.68. The Morgan fingerprint density at radius 2 is 2.05 bits per heavy atom. The molecular weight excluding hydrogens is 261 g/mol.